The Balaban J connectivity index is 2.63. The second-order valence-corrected chi connectivity index (χ2v) is 3.00. The second-order valence-electron chi connectivity index (χ2n) is 3.00. The van der Waals surface area contributed by atoms with Gasteiger partial charge in [0.2, 0.25) is 0 Å². The molecule has 0 unspecified atom stereocenters. The Morgan fingerprint density at radius 3 is 3.00 bits per heavy atom. The predicted octanol–water partition coefficient (Wildman–Crippen LogP) is -0.201. The molecule has 0 bridgehead atoms. The van der Waals surface area contributed by atoms with Crippen molar-refractivity contribution < 1.29 is 5.11 Å². The van der Waals surface area contributed by atoms with Gasteiger partial charge in [0, 0.05) is 37.1 Å². The molecule has 1 heterocycles. The van der Waals surface area contributed by atoms with E-state index < -0.39 is 0 Å². The van der Waals surface area contributed by atoms with Gasteiger partial charge in [-0.3, -0.25) is 9.69 Å². The van der Waals surface area contributed by atoms with E-state index in [-0.39, 0.29) is 12.0 Å². The van der Waals surface area contributed by atoms with Crippen LogP contribution in [0.4, 0.5) is 0 Å². The maximum absolute atomic E-state index is 11.2. The maximum Gasteiger partial charge on any atom is 0.186 e. The Hall–Kier alpha value is -1.13. The van der Waals surface area contributed by atoms with Gasteiger partial charge in [0.25, 0.3) is 0 Å². The molecule has 0 fully saturated rings. The highest BCUT2D eigenvalue weighted by atomic mass is 16.3. The molecule has 2 N–H and O–H groups in total. The topological polar surface area (TPSA) is 56.3 Å². The highest BCUT2D eigenvalue weighted by molar-refractivity contribution is 5.08. The molecule has 72 valence electrons. The molecule has 0 saturated heterocycles. The first kappa shape index (κ1) is 9.95. The number of rotatable bonds is 4. The molecule has 0 saturated carbocycles. The summed E-state index contributed by atoms with van der Waals surface area (Å²) in [5.41, 5.74) is 0.752. The number of likely N-dealkylation sites (N-methyl/N-ethyl adjacent to an activating group) is 1. The van der Waals surface area contributed by atoms with E-state index in [1.54, 1.807) is 12.4 Å². The molecular formula is C9H14N2O2. The van der Waals surface area contributed by atoms with E-state index in [1.807, 2.05) is 11.9 Å². The van der Waals surface area contributed by atoms with Gasteiger partial charge in [-0.05, 0) is 7.05 Å². The summed E-state index contributed by atoms with van der Waals surface area (Å²) in [6, 6.07) is 1.50. The highest BCUT2D eigenvalue weighted by Gasteiger charge is 2.01. The molecule has 1 aromatic heterocycles. The average Bonchev–Trinajstić information content (AvgIpc) is 2.09. The van der Waals surface area contributed by atoms with Crippen LogP contribution in [-0.4, -0.2) is 35.2 Å². The van der Waals surface area contributed by atoms with Crippen LogP contribution < -0.4 is 5.43 Å². The number of aromatic amines is 1. The first-order chi connectivity index (χ1) is 6.24. The van der Waals surface area contributed by atoms with Crippen LogP contribution in [-0.2, 0) is 6.54 Å². The highest BCUT2D eigenvalue weighted by Crippen LogP contribution is 1.93. The third-order valence-corrected chi connectivity index (χ3v) is 1.83. The van der Waals surface area contributed by atoms with Crippen molar-refractivity contribution in [3.05, 3.63) is 34.2 Å². The Morgan fingerprint density at radius 1 is 1.62 bits per heavy atom. The zero-order valence-corrected chi connectivity index (χ0v) is 7.66. The third-order valence-electron chi connectivity index (χ3n) is 1.83. The van der Waals surface area contributed by atoms with Gasteiger partial charge in [-0.2, -0.15) is 0 Å². The van der Waals surface area contributed by atoms with Crippen LogP contribution in [0.2, 0.25) is 0 Å². The summed E-state index contributed by atoms with van der Waals surface area (Å²) in [6.07, 6.45) is 3.30. The summed E-state index contributed by atoms with van der Waals surface area (Å²) in [7, 11) is 1.86. The van der Waals surface area contributed by atoms with Crippen LogP contribution >= 0.6 is 0 Å². The van der Waals surface area contributed by atoms with Crippen molar-refractivity contribution in [2.75, 3.05) is 20.2 Å². The van der Waals surface area contributed by atoms with E-state index in [1.165, 1.54) is 6.07 Å². The fraction of sp³-hybridized carbons (Fsp3) is 0.444. The van der Waals surface area contributed by atoms with Crippen LogP contribution in [0.1, 0.15) is 5.56 Å². The normalized spacial score (nSPS) is 10.7. The summed E-state index contributed by atoms with van der Waals surface area (Å²) in [5, 5.41) is 8.66. The van der Waals surface area contributed by atoms with Gasteiger partial charge in [-0.1, -0.05) is 0 Å². The van der Waals surface area contributed by atoms with Crippen LogP contribution in [0.25, 0.3) is 0 Å². The molecule has 0 spiro atoms. The molecule has 0 aliphatic carbocycles. The molecule has 0 atom stereocenters. The molecule has 13 heavy (non-hydrogen) atoms. The van der Waals surface area contributed by atoms with Crippen molar-refractivity contribution in [3.63, 3.8) is 0 Å². The van der Waals surface area contributed by atoms with Gasteiger partial charge < -0.3 is 10.1 Å². The number of H-pyrrole nitrogens is 1. The molecule has 0 aliphatic rings. The van der Waals surface area contributed by atoms with E-state index in [0.717, 1.165) is 5.56 Å². The fourth-order valence-electron chi connectivity index (χ4n) is 1.11. The lowest BCUT2D eigenvalue weighted by atomic mass is 10.2. The Kier molecular flexibility index (Phi) is 3.67. The quantitative estimate of drug-likeness (QED) is 0.678. The smallest absolute Gasteiger partial charge is 0.186 e. The zero-order valence-electron chi connectivity index (χ0n) is 7.66. The van der Waals surface area contributed by atoms with Gasteiger partial charge in [0.05, 0.1) is 6.61 Å². The first-order valence-corrected chi connectivity index (χ1v) is 4.19. The molecular weight excluding hydrogens is 168 g/mol. The number of aliphatic hydroxyl groups is 1. The predicted molar refractivity (Wildman–Crippen MR) is 50.5 cm³/mol. The Bertz CT molecular complexity index is 308. The van der Waals surface area contributed by atoms with E-state index in [9.17, 15) is 4.79 Å². The molecule has 1 aromatic rings. The van der Waals surface area contributed by atoms with Gasteiger partial charge in [-0.15, -0.1) is 0 Å². The molecule has 0 amide bonds. The van der Waals surface area contributed by atoms with Crippen LogP contribution in [0.15, 0.2) is 23.3 Å². The fourth-order valence-corrected chi connectivity index (χ4v) is 1.11. The van der Waals surface area contributed by atoms with Crippen molar-refractivity contribution in [3.8, 4) is 0 Å². The second kappa shape index (κ2) is 4.79. The molecule has 0 radical (unpaired) electrons. The van der Waals surface area contributed by atoms with Gasteiger partial charge in [-0.25, -0.2) is 0 Å². The number of pyridine rings is 1. The minimum Gasteiger partial charge on any atom is -0.395 e. The van der Waals surface area contributed by atoms with E-state index in [4.69, 9.17) is 5.11 Å². The van der Waals surface area contributed by atoms with Crippen molar-refractivity contribution in [1.29, 1.82) is 0 Å². The van der Waals surface area contributed by atoms with Crippen molar-refractivity contribution in [2.24, 2.45) is 0 Å². The Morgan fingerprint density at radius 2 is 2.38 bits per heavy atom. The number of aliphatic hydroxyl groups excluding tert-OH is 1. The monoisotopic (exact) mass is 182 g/mol. The van der Waals surface area contributed by atoms with Crippen molar-refractivity contribution in [1.82, 2.24) is 9.88 Å². The van der Waals surface area contributed by atoms with Crippen LogP contribution in [0.5, 0.6) is 0 Å². The van der Waals surface area contributed by atoms with Gasteiger partial charge in [0.15, 0.2) is 5.43 Å². The van der Waals surface area contributed by atoms with Gasteiger partial charge >= 0.3 is 0 Å². The Labute approximate surface area is 76.8 Å². The van der Waals surface area contributed by atoms with E-state index in [0.29, 0.717) is 13.1 Å². The minimum atomic E-state index is 0.0311. The summed E-state index contributed by atoms with van der Waals surface area (Å²) >= 11 is 0. The number of hydrogen-bond acceptors (Lipinski definition) is 3. The lowest BCUT2D eigenvalue weighted by Crippen LogP contribution is -2.24. The lowest BCUT2D eigenvalue weighted by Gasteiger charge is -2.13. The SMILES string of the molecule is CN(CCO)Cc1c[nH]ccc1=O. The average molecular weight is 182 g/mol. The summed E-state index contributed by atoms with van der Waals surface area (Å²) < 4.78 is 0. The standard InChI is InChI=1S/C9H14N2O2/c1-11(4-5-12)7-8-6-10-3-2-9(8)13/h2-3,6,12H,4-5,7H2,1H3,(H,10,13). The first-order valence-electron chi connectivity index (χ1n) is 4.19. The maximum atomic E-state index is 11.2. The molecule has 4 nitrogen and oxygen atoms in total. The van der Waals surface area contributed by atoms with E-state index >= 15 is 0 Å². The third kappa shape index (κ3) is 3.01. The number of nitrogens with one attached hydrogen (secondary N) is 1. The number of hydrogen-bond donors (Lipinski definition) is 2. The van der Waals surface area contributed by atoms with Crippen molar-refractivity contribution >= 4 is 0 Å². The lowest BCUT2D eigenvalue weighted by molar-refractivity contribution is 0.217. The molecule has 4 heteroatoms. The van der Waals surface area contributed by atoms with Gasteiger partial charge in [0.1, 0.15) is 0 Å². The molecule has 0 aliphatic heterocycles. The zero-order chi connectivity index (χ0) is 9.68. The minimum absolute atomic E-state index is 0.0311. The van der Waals surface area contributed by atoms with Crippen LogP contribution in [0, 0.1) is 0 Å². The van der Waals surface area contributed by atoms with Crippen molar-refractivity contribution in [2.45, 2.75) is 6.54 Å². The summed E-state index contributed by atoms with van der Waals surface area (Å²) in [6.45, 7) is 1.26. The summed E-state index contributed by atoms with van der Waals surface area (Å²) in [5.74, 6) is 0. The van der Waals surface area contributed by atoms with Crippen LogP contribution in [0.3, 0.4) is 0 Å². The molecule has 0 aromatic carbocycles. The number of nitrogens with zero attached hydrogens (tertiary/aromatic N) is 1. The number of aromatic nitrogens is 1. The largest absolute Gasteiger partial charge is 0.395 e. The summed E-state index contributed by atoms with van der Waals surface area (Å²) in [4.78, 5) is 16.0. The molecule has 1 rings (SSSR count). The van der Waals surface area contributed by atoms with E-state index in [2.05, 4.69) is 4.98 Å².